The third kappa shape index (κ3) is 3.37. The SMILES string of the molecule is CC(C)(C)OC(=O)N[C@H]1CC2(CC[C@@H](N)CC2)C1. The Bertz CT molecular complexity index is 306. The molecule has 0 aromatic heterocycles. The van der Waals surface area contributed by atoms with Crippen molar-refractivity contribution in [2.45, 2.75) is 77.0 Å². The largest absolute Gasteiger partial charge is 0.444 e. The molecular formula is C14H26N2O2. The first kappa shape index (κ1) is 13.7. The van der Waals surface area contributed by atoms with Crippen LogP contribution in [0.15, 0.2) is 0 Å². The van der Waals surface area contributed by atoms with Gasteiger partial charge in [0.25, 0.3) is 0 Å². The second kappa shape index (κ2) is 4.72. The number of rotatable bonds is 1. The molecule has 0 radical (unpaired) electrons. The van der Waals surface area contributed by atoms with E-state index in [1.54, 1.807) is 0 Å². The van der Waals surface area contributed by atoms with Gasteiger partial charge in [-0.3, -0.25) is 0 Å². The predicted octanol–water partition coefficient (Wildman–Crippen LogP) is 2.56. The van der Waals surface area contributed by atoms with Crippen LogP contribution in [0.4, 0.5) is 4.79 Å². The zero-order valence-electron chi connectivity index (χ0n) is 11.8. The first-order chi connectivity index (χ1) is 8.28. The molecule has 0 aromatic rings. The predicted molar refractivity (Wildman–Crippen MR) is 71.3 cm³/mol. The minimum absolute atomic E-state index is 0.283. The number of hydrogen-bond acceptors (Lipinski definition) is 3. The lowest BCUT2D eigenvalue weighted by atomic mass is 9.58. The first-order valence-corrected chi connectivity index (χ1v) is 7.03. The quantitative estimate of drug-likeness (QED) is 0.756. The van der Waals surface area contributed by atoms with Crippen molar-refractivity contribution >= 4 is 6.09 Å². The Morgan fingerprint density at radius 3 is 2.33 bits per heavy atom. The molecule has 0 aliphatic heterocycles. The topological polar surface area (TPSA) is 64.3 Å². The molecule has 0 unspecified atom stereocenters. The average Bonchev–Trinajstić information content (AvgIpc) is 2.16. The van der Waals surface area contributed by atoms with E-state index in [-0.39, 0.29) is 6.09 Å². The van der Waals surface area contributed by atoms with Crippen LogP contribution in [0.3, 0.4) is 0 Å². The van der Waals surface area contributed by atoms with Crippen molar-refractivity contribution in [2.24, 2.45) is 11.1 Å². The van der Waals surface area contributed by atoms with Crippen LogP contribution in [0.1, 0.15) is 59.3 Å². The Hall–Kier alpha value is -0.770. The van der Waals surface area contributed by atoms with Crippen molar-refractivity contribution < 1.29 is 9.53 Å². The zero-order chi connectivity index (χ0) is 13.4. The number of alkyl carbamates (subject to hydrolysis) is 1. The molecule has 2 aliphatic carbocycles. The summed E-state index contributed by atoms with van der Waals surface area (Å²) in [7, 11) is 0. The highest BCUT2D eigenvalue weighted by molar-refractivity contribution is 5.68. The van der Waals surface area contributed by atoms with Gasteiger partial charge in [0.2, 0.25) is 0 Å². The smallest absolute Gasteiger partial charge is 0.407 e. The molecule has 3 N–H and O–H groups in total. The maximum absolute atomic E-state index is 11.6. The molecule has 104 valence electrons. The Morgan fingerprint density at radius 1 is 1.28 bits per heavy atom. The van der Waals surface area contributed by atoms with Gasteiger partial charge in [-0.2, -0.15) is 0 Å². The molecule has 2 aliphatic rings. The minimum Gasteiger partial charge on any atom is -0.444 e. The van der Waals surface area contributed by atoms with E-state index in [1.165, 1.54) is 12.8 Å². The minimum atomic E-state index is -0.414. The third-order valence-electron chi connectivity index (χ3n) is 4.17. The van der Waals surface area contributed by atoms with Gasteiger partial charge >= 0.3 is 6.09 Å². The Labute approximate surface area is 110 Å². The molecule has 0 atom stereocenters. The summed E-state index contributed by atoms with van der Waals surface area (Å²) in [5, 5.41) is 2.96. The van der Waals surface area contributed by atoms with Crippen molar-refractivity contribution in [3.05, 3.63) is 0 Å². The van der Waals surface area contributed by atoms with Gasteiger partial charge < -0.3 is 15.8 Å². The second-order valence-electron chi connectivity index (χ2n) is 7.09. The number of amides is 1. The summed E-state index contributed by atoms with van der Waals surface area (Å²) in [5.74, 6) is 0. The van der Waals surface area contributed by atoms with E-state index in [2.05, 4.69) is 5.32 Å². The molecule has 2 saturated carbocycles. The lowest BCUT2D eigenvalue weighted by Gasteiger charge is -2.51. The maximum atomic E-state index is 11.6. The van der Waals surface area contributed by atoms with E-state index in [0.29, 0.717) is 17.5 Å². The summed E-state index contributed by atoms with van der Waals surface area (Å²) >= 11 is 0. The van der Waals surface area contributed by atoms with Crippen LogP contribution in [0.5, 0.6) is 0 Å². The van der Waals surface area contributed by atoms with Crippen LogP contribution >= 0.6 is 0 Å². The maximum Gasteiger partial charge on any atom is 0.407 e. The molecule has 0 saturated heterocycles. The molecule has 2 rings (SSSR count). The standard InChI is InChI=1S/C14H26N2O2/c1-13(2,3)18-12(17)16-11-8-14(9-11)6-4-10(15)5-7-14/h10-11H,4-9,15H2,1-3H3,(H,16,17)/t10-,11-,14?. The van der Waals surface area contributed by atoms with Crippen LogP contribution in [0.2, 0.25) is 0 Å². The molecule has 4 nitrogen and oxygen atoms in total. The molecule has 2 fully saturated rings. The van der Waals surface area contributed by atoms with Crippen molar-refractivity contribution in [2.75, 3.05) is 0 Å². The van der Waals surface area contributed by atoms with E-state index >= 15 is 0 Å². The van der Waals surface area contributed by atoms with Gasteiger partial charge in [-0.1, -0.05) is 0 Å². The molecule has 0 bridgehead atoms. The van der Waals surface area contributed by atoms with Gasteiger partial charge in [0.1, 0.15) is 5.60 Å². The van der Waals surface area contributed by atoms with Crippen LogP contribution in [-0.2, 0) is 4.74 Å². The lowest BCUT2D eigenvalue weighted by Crippen LogP contribution is -2.53. The van der Waals surface area contributed by atoms with Crippen molar-refractivity contribution in [3.63, 3.8) is 0 Å². The summed E-state index contributed by atoms with van der Waals surface area (Å²) in [6.07, 6.45) is 6.63. The van der Waals surface area contributed by atoms with Gasteiger partial charge in [-0.05, 0) is 64.7 Å². The number of carbonyl (C=O) groups is 1. The molecule has 0 aromatic carbocycles. The van der Waals surface area contributed by atoms with Crippen LogP contribution in [-0.4, -0.2) is 23.8 Å². The zero-order valence-corrected chi connectivity index (χ0v) is 11.8. The molecule has 1 spiro atoms. The van der Waals surface area contributed by atoms with Gasteiger partial charge in [0.15, 0.2) is 0 Å². The monoisotopic (exact) mass is 254 g/mol. The van der Waals surface area contributed by atoms with E-state index < -0.39 is 5.60 Å². The van der Waals surface area contributed by atoms with Crippen LogP contribution in [0.25, 0.3) is 0 Å². The van der Waals surface area contributed by atoms with Crippen LogP contribution < -0.4 is 11.1 Å². The van der Waals surface area contributed by atoms with Gasteiger partial charge in [0, 0.05) is 12.1 Å². The summed E-state index contributed by atoms with van der Waals surface area (Å²) in [4.78, 5) is 11.6. The first-order valence-electron chi connectivity index (χ1n) is 7.03. The average molecular weight is 254 g/mol. The van der Waals surface area contributed by atoms with Gasteiger partial charge in [-0.25, -0.2) is 4.79 Å². The molecule has 1 amide bonds. The third-order valence-corrected chi connectivity index (χ3v) is 4.17. The fourth-order valence-corrected chi connectivity index (χ4v) is 3.22. The fraction of sp³-hybridized carbons (Fsp3) is 0.929. The van der Waals surface area contributed by atoms with E-state index in [0.717, 1.165) is 25.7 Å². The van der Waals surface area contributed by atoms with E-state index in [1.807, 2.05) is 20.8 Å². The molecule has 18 heavy (non-hydrogen) atoms. The van der Waals surface area contributed by atoms with E-state index in [4.69, 9.17) is 10.5 Å². The number of nitrogens with two attached hydrogens (primary N) is 1. The highest BCUT2D eigenvalue weighted by Crippen LogP contribution is 2.51. The van der Waals surface area contributed by atoms with Crippen molar-refractivity contribution in [1.82, 2.24) is 5.32 Å². The lowest BCUT2D eigenvalue weighted by molar-refractivity contribution is 0.0144. The molecule has 0 heterocycles. The Morgan fingerprint density at radius 2 is 1.83 bits per heavy atom. The molecule has 4 heteroatoms. The second-order valence-corrected chi connectivity index (χ2v) is 7.09. The van der Waals surface area contributed by atoms with Gasteiger partial charge in [0.05, 0.1) is 0 Å². The Kier molecular flexibility index (Phi) is 3.58. The number of nitrogens with one attached hydrogen (secondary N) is 1. The summed E-state index contributed by atoms with van der Waals surface area (Å²) in [5.41, 5.74) is 5.98. The summed E-state index contributed by atoms with van der Waals surface area (Å²) in [6, 6.07) is 0.697. The van der Waals surface area contributed by atoms with E-state index in [9.17, 15) is 4.79 Å². The fourth-order valence-electron chi connectivity index (χ4n) is 3.22. The highest BCUT2D eigenvalue weighted by atomic mass is 16.6. The van der Waals surface area contributed by atoms with Gasteiger partial charge in [-0.15, -0.1) is 0 Å². The number of ether oxygens (including phenoxy) is 1. The number of carbonyl (C=O) groups excluding carboxylic acids is 1. The molecular weight excluding hydrogens is 228 g/mol. The summed E-state index contributed by atoms with van der Waals surface area (Å²) in [6.45, 7) is 5.66. The number of hydrogen-bond donors (Lipinski definition) is 2. The van der Waals surface area contributed by atoms with Crippen LogP contribution in [0, 0.1) is 5.41 Å². The summed E-state index contributed by atoms with van der Waals surface area (Å²) < 4.78 is 5.27. The highest BCUT2D eigenvalue weighted by Gasteiger charge is 2.46. The normalized spacial score (nSPS) is 36.0. The Balaban J connectivity index is 1.71. The van der Waals surface area contributed by atoms with Crippen molar-refractivity contribution in [1.29, 1.82) is 0 Å². The van der Waals surface area contributed by atoms with Crippen molar-refractivity contribution in [3.8, 4) is 0 Å².